The first-order valence-corrected chi connectivity index (χ1v) is 8.13. The van der Waals surface area contributed by atoms with Gasteiger partial charge in [0.15, 0.2) is 0 Å². The number of rotatable bonds is 5. The molecule has 110 valence electrons. The maximum absolute atomic E-state index is 11.9. The molecule has 2 heterocycles. The summed E-state index contributed by atoms with van der Waals surface area (Å²) < 4.78 is 0. The molecule has 0 radical (unpaired) electrons. The van der Waals surface area contributed by atoms with Gasteiger partial charge in [0.25, 0.3) is 0 Å². The fourth-order valence-electron chi connectivity index (χ4n) is 2.68. The van der Waals surface area contributed by atoms with Crippen LogP contribution in [0.1, 0.15) is 36.4 Å². The van der Waals surface area contributed by atoms with Gasteiger partial charge < -0.3 is 5.32 Å². The van der Waals surface area contributed by atoms with Gasteiger partial charge in [-0.3, -0.25) is 9.78 Å². The number of aromatic nitrogens is 3. The monoisotopic (exact) mass is 302 g/mol. The molecule has 2 aromatic rings. The highest BCUT2D eigenvalue weighted by atomic mass is 32.1. The number of carbonyl (C=O) groups excluding carboxylic acids is 1. The van der Waals surface area contributed by atoms with E-state index >= 15 is 0 Å². The highest BCUT2D eigenvalue weighted by Crippen LogP contribution is 2.29. The van der Waals surface area contributed by atoms with E-state index in [2.05, 4.69) is 20.5 Å². The van der Waals surface area contributed by atoms with Crippen molar-refractivity contribution < 1.29 is 4.79 Å². The second-order valence-corrected chi connectivity index (χ2v) is 6.46. The van der Waals surface area contributed by atoms with E-state index in [1.165, 1.54) is 37.0 Å². The molecule has 0 spiro atoms. The van der Waals surface area contributed by atoms with Gasteiger partial charge in [-0.15, -0.1) is 10.2 Å². The minimum atomic E-state index is -0.0998. The summed E-state index contributed by atoms with van der Waals surface area (Å²) in [5.41, 5.74) is 0.755. The molecule has 0 saturated heterocycles. The summed E-state index contributed by atoms with van der Waals surface area (Å²) in [6.45, 7) is 0. The summed E-state index contributed by atoms with van der Waals surface area (Å²) in [5, 5.41) is 12.6. The number of carbonyl (C=O) groups is 1. The molecule has 1 N–H and O–H groups in total. The van der Waals surface area contributed by atoms with Crippen molar-refractivity contribution in [2.24, 2.45) is 5.92 Å². The Bertz CT molecular complexity index is 593. The molecule has 1 aliphatic rings. The standard InChI is InChI=1S/C15H18N4OS/c20-13(10-12-7-3-4-8-16-12)17-15-19-18-14(21-15)9-11-5-1-2-6-11/h3-4,7-8,11H,1-2,5-6,9-10H2,(H,17,19,20). The van der Waals surface area contributed by atoms with E-state index < -0.39 is 0 Å². The fraction of sp³-hybridized carbons (Fsp3) is 0.467. The third-order valence-electron chi connectivity index (χ3n) is 3.72. The van der Waals surface area contributed by atoms with Crippen molar-refractivity contribution in [3.8, 4) is 0 Å². The van der Waals surface area contributed by atoms with Gasteiger partial charge in [0.1, 0.15) is 5.01 Å². The van der Waals surface area contributed by atoms with Gasteiger partial charge in [0.05, 0.1) is 6.42 Å². The van der Waals surface area contributed by atoms with Crippen LogP contribution in [0, 0.1) is 5.92 Å². The van der Waals surface area contributed by atoms with Crippen LogP contribution in [0.2, 0.25) is 0 Å². The molecule has 0 atom stereocenters. The van der Waals surface area contributed by atoms with Crippen molar-refractivity contribution in [1.82, 2.24) is 15.2 Å². The molecule has 6 heteroatoms. The van der Waals surface area contributed by atoms with Crippen molar-refractivity contribution >= 4 is 22.4 Å². The van der Waals surface area contributed by atoms with Crippen LogP contribution in [0.3, 0.4) is 0 Å². The van der Waals surface area contributed by atoms with Crippen molar-refractivity contribution in [2.45, 2.75) is 38.5 Å². The molecule has 1 fully saturated rings. The molecule has 0 unspecified atom stereocenters. The lowest BCUT2D eigenvalue weighted by atomic mass is 10.1. The lowest BCUT2D eigenvalue weighted by Crippen LogP contribution is -2.14. The predicted octanol–water partition coefficient (Wildman–Crippen LogP) is 2.85. The average Bonchev–Trinajstić information content (AvgIpc) is 3.13. The number of pyridine rings is 1. The number of anilines is 1. The molecule has 1 aliphatic carbocycles. The summed E-state index contributed by atoms with van der Waals surface area (Å²) in [7, 11) is 0. The van der Waals surface area contributed by atoms with Crippen molar-refractivity contribution in [2.75, 3.05) is 5.32 Å². The van der Waals surface area contributed by atoms with E-state index in [1.54, 1.807) is 6.20 Å². The summed E-state index contributed by atoms with van der Waals surface area (Å²) in [4.78, 5) is 16.1. The molecule has 0 aliphatic heterocycles. The van der Waals surface area contributed by atoms with Crippen molar-refractivity contribution in [3.63, 3.8) is 0 Å². The maximum atomic E-state index is 11.9. The normalized spacial score (nSPS) is 15.2. The van der Waals surface area contributed by atoms with E-state index in [1.807, 2.05) is 18.2 Å². The number of hydrogen-bond acceptors (Lipinski definition) is 5. The van der Waals surface area contributed by atoms with Crippen LogP contribution in [-0.4, -0.2) is 21.1 Å². The number of hydrogen-bond donors (Lipinski definition) is 1. The molecule has 1 saturated carbocycles. The van der Waals surface area contributed by atoms with Crippen molar-refractivity contribution in [3.05, 3.63) is 35.1 Å². The molecule has 2 aromatic heterocycles. The highest BCUT2D eigenvalue weighted by Gasteiger charge is 2.18. The van der Waals surface area contributed by atoms with E-state index in [9.17, 15) is 4.79 Å². The Kier molecular flexibility index (Phi) is 4.55. The predicted molar refractivity (Wildman–Crippen MR) is 82.1 cm³/mol. The molecule has 0 aromatic carbocycles. The zero-order valence-corrected chi connectivity index (χ0v) is 12.6. The lowest BCUT2D eigenvalue weighted by Gasteiger charge is -2.03. The van der Waals surface area contributed by atoms with Gasteiger partial charge >= 0.3 is 0 Å². The Morgan fingerprint density at radius 1 is 1.29 bits per heavy atom. The molecular formula is C15H18N4OS. The third kappa shape index (κ3) is 4.07. The van der Waals surface area contributed by atoms with Crippen molar-refractivity contribution in [1.29, 1.82) is 0 Å². The van der Waals surface area contributed by atoms with Crippen LogP contribution in [0.15, 0.2) is 24.4 Å². The summed E-state index contributed by atoms with van der Waals surface area (Å²) in [5.74, 6) is 0.646. The Morgan fingerprint density at radius 2 is 2.14 bits per heavy atom. The van der Waals surface area contributed by atoms with E-state index in [0.717, 1.165) is 23.0 Å². The van der Waals surface area contributed by atoms with E-state index in [4.69, 9.17) is 0 Å². The molecular weight excluding hydrogens is 284 g/mol. The Hall–Kier alpha value is -1.82. The Balaban J connectivity index is 1.53. The third-order valence-corrected chi connectivity index (χ3v) is 4.58. The number of nitrogens with one attached hydrogen (secondary N) is 1. The molecule has 1 amide bonds. The first-order chi connectivity index (χ1) is 10.3. The quantitative estimate of drug-likeness (QED) is 0.922. The second-order valence-electron chi connectivity index (χ2n) is 5.40. The molecule has 21 heavy (non-hydrogen) atoms. The van der Waals surface area contributed by atoms with Crippen LogP contribution in [0.25, 0.3) is 0 Å². The van der Waals surface area contributed by atoms with Gasteiger partial charge in [-0.05, 0) is 18.1 Å². The second kappa shape index (κ2) is 6.76. The summed E-state index contributed by atoms with van der Waals surface area (Å²) in [6.07, 6.45) is 8.19. The largest absolute Gasteiger partial charge is 0.300 e. The van der Waals surface area contributed by atoms with E-state index in [-0.39, 0.29) is 12.3 Å². The highest BCUT2D eigenvalue weighted by molar-refractivity contribution is 7.15. The smallest absolute Gasteiger partial charge is 0.232 e. The number of amides is 1. The summed E-state index contributed by atoms with van der Waals surface area (Å²) >= 11 is 1.48. The molecule has 5 nitrogen and oxygen atoms in total. The Morgan fingerprint density at radius 3 is 2.90 bits per heavy atom. The van der Waals surface area contributed by atoms with Gasteiger partial charge in [-0.1, -0.05) is 43.1 Å². The van der Waals surface area contributed by atoms with Gasteiger partial charge in [0, 0.05) is 18.3 Å². The lowest BCUT2D eigenvalue weighted by molar-refractivity contribution is -0.115. The minimum Gasteiger partial charge on any atom is -0.300 e. The van der Waals surface area contributed by atoms with Crippen LogP contribution in [0.5, 0.6) is 0 Å². The first-order valence-electron chi connectivity index (χ1n) is 7.32. The van der Waals surface area contributed by atoms with Crippen LogP contribution in [-0.2, 0) is 17.6 Å². The van der Waals surface area contributed by atoms with Gasteiger partial charge in [0.2, 0.25) is 11.0 Å². The van der Waals surface area contributed by atoms with Crippen LogP contribution >= 0.6 is 11.3 Å². The van der Waals surface area contributed by atoms with Crippen LogP contribution < -0.4 is 5.32 Å². The van der Waals surface area contributed by atoms with Gasteiger partial charge in [-0.25, -0.2) is 0 Å². The molecule has 0 bridgehead atoms. The SMILES string of the molecule is O=C(Cc1ccccn1)Nc1nnc(CC2CCCC2)s1. The zero-order chi connectivity index (χ0) is 14.5. The Labute approximate surface area is 127 Å². The fourth-order valence-corrected chi connectivity index (χ4v) is 3.55. The topological polar surface area (TPSA) is 67.8 Å². The maximum Gasteiger partial charge on any atom is 0.232 e. The minimum absolute atomic E-state index is 0.0998. The average molecular weight is 302 g/mol. The van der Waals surface area contributed by atoms with Crippen LogP contribution in [0.4, 0.5) is 5.13 Å². The first kappa shape index (κ1) is 14.1. The van der Waals surface area contributed by atoms with E-state index in [0.29, 0.717) is 5.13 Å². The molecule has 3 rings (SSSR count). The number of nitrogens with zero attached hydrogens (tertiary/aromatic N) is 3. The zero-order valence-electron chi connectivity index (χ0n) is 11.8. The van der Waals surface area contributed by atoms with Gasteiger partial charge in [-0.2, -0.15) is 0 Å². The summed E-state index contributed by atoms with van der Waals surface area (Å²) in [6, 6.07) is 5.55.